The van der Waals surface area contributed by atoms with Crippen LogP contribution >= 0.6 is 0 Å². The van der Waals surface area contributed by atoms with Crippen molar-refractivity contribution in [3.63, 3.8) is 0 Å². The zero-order valence-corrected chi connectivity index (χ0v) is 14.2. The second-order valence-corrected chi connectivity index (χ2v) is 6.68. The maximum Gasteiger partial charge on any atom is 0.231 e. The number of rotatable bonds is 4. The quantitative estimate of drug-likeness (QED) is 0.892. The molecule has 4 rings (SSSR count). The Kier molecular flexibility index (Phi) is 4.62. The molecule has 2 aromatic rings. The first-order valence-electron chi connectivity index (χ1n) is 8.71. The van der Waals surface area contributed by atoms with Crippen molar-refractivity contribution >= 4 is 17.6 Å². The molecule has 0 saturated carbocycles. The van der Waals surface area contributed by atoms with Gasteiger partial charge in [-0.2, -0.15) is 0 Å². The van der Waals surface area contributed by atoms with Gasteiger partial charge in [0.05, 0.1) is 31.2 Å². The first kappa shape index (κ1) is 16.7. The van der Waals surface area contributed by atoms with Crippen LogP contribution in [0.4, 0.5) is 5.82 Å². The van der Waals surface area contributed by atoms with E-state index in [1.54, 1.807) is 6.20 Å². The van der Waals surface area contributed by atoms with Crippen LogP contribution < -0.4 is 5.32 Å². The van der Waals surface area contributed by atoms with Gasteiger partial charge in [0.25, 0.3) is 0 Å². The number of hydrogen-bond donors (Lipinski definition) is 1. The SMILES string of the molecule is O=C(Nc1cnccn1)C1COC2CN(C(=O)Cc3ccccc3)CC21. The smallest absolute Gasteiger partial charge is 0.231 e. The van der Waals surface area contributed by atoms with Crippen LogP contribution in [0.2, 0.25) is 0 Å². The summed E-state index contributed by atoms with van der Waals surface area (Å²) < 4.78 is 5.79. The van der Waals surface area contributed by atoms with Crippen molar-refractivity contribution in [1.82, 2.24) is 14.9 Å². The van der Waals surface area contributed by atoms with Gasteiger partial charge in [-0.1, -0.05) is 30.3 Å². The Morgan fingerprint density at radius 2 is 2.04 bits per heavy atom. The Morgan fingerprint density at radius 1 is 1.19 bits per heavy atom. The van der Waals surface area contributed by atoms with Crippen LogP contribution in [0.1, 0.15) is 5.56 Å². The number of likely N-dealkylation sites (tertiary alicyclic amines) is 1. The molecule has 1 aromatic carbocycles. The molecule has 7 heteroatoms. The van der Waals surface area contributed by atoms with E-state index in [1.807, 2.05) is 35.2 Å². The number of amides is 2. The molecule has 1 aromatic heterocycles. The number of aromatic nitrogens is 2. The van der Waals surface area contributed by atoms with Crippen molar-refractivity contribution < 1.29 is 14.3 Å². The number of benzene rings is 1. The first-order valence-corrected chi connectivity index (χ1v) is 8.71. The minimum atomic E-state index is -0.281. The fraction of sp³-hybridized carbons (Fsp3) is 0.368. The predicted octanol–water partition coefficient (Wildman–Crippen LogP) is 1.13. The molecule has 0 radical (unpaired) electrons. The molecule has 134 valence electrons. The van der Waals surface area contributed by atoms with E-state index in [2.05, 4.69) is 15.3 Å². The van der Waals surface area contributed by atoms with E-state index < -0.39 is 0 Å². The van der Waals surface area contributed by atoms with Gasteiger partial charge in [0.15, 0.2) is 5.82 Å². The minimum Gasteiger partial charge on any atom is -0.375 e. The molecule has 0 bridgehead atoms. The summed E-state index contributed by atoms with van der Waals surface area (Å²) in [5, 5.41) is 2.78. The largest absolute Gasteiger partial charge is 0.375 e. The Labute approximate surface area is 151 Å². The number of ether oxygens (including phenoxy) is 1. The Bertz CT molecular complexity index is 784. The third-order valence-corrected chi connectivity index (χ3v) is 5.02. The normalized spacial score (nSPS) is 24.3. The summed E-state index contributed by atoms with van der Waals surface area (Å²) in [5.74, 6) is 0.108. The number of hydrogen-bond acceptors (Lipinski definition) is 5. The van der Waals surface area contributed by atoms with E-state index in [1.165, 1.54) is 12.4 Å². The van der Waals surface area contributed by atoms with Gasteiger partial charge in [-0.05, 0) is 5.56 Å². The maximum absolute atomic E-state index is 12.6. The molecule has 7 nitrogen and oxygen atoms in total. The van der Waals surface area contributed by atoms with Crippen LogP contribution in [0.5, 0.6) is 0 Å². The van der Waals surface area contributed by atoms with Crippen molar-refractivity contribution in [3.8, 4) is 0 Å². The summed E-state index contributed by atoms with van der Waals surface area (Å²) in [5.41, 5.74) is 0.993. The van der Waals surface area contributed by atoms with E-state index in [0.29, 0.717) is 31.9 Å². The standard InChI is InChI=1S/C19H20N4O3/c24-18(8-13-4-2-1-3-5-13)23-10-14-15(12-26-16(14)11-23)19(25)22-17-9-20-6-7-21-17/h1-7,9,14-16H,8,10-12H2,(H,21,22,25). The highest BCUT2D eigenvalue weighted by Crippen LogP contribution is 2.34. The van der Waals surface area contributed by atoms with Crippen molar-refractivity contribution in [2.45, 2.75) is 12.5 Å². The average molecular weight is 352 g/mol. The summed E-state index contributed by atoms with van der Waals surface area (Å²) in [7, 11) is 0. The summed E-state index contributed by atoms with van der Waals surface area (Å²) in [6.45, 7) is 1.47. The lowest BCUT2D eigenvalue weighted by molar-refractivity contribution is -0.131. The van der Waals surface area contributed by atoms with Gasteiger partial charge in [0.2, 0.25) is 11.8 Å². The van der Waals surface area contributed by atoms with Crippen LogP contribution in [0.3, 0.4) is 0 Å². The Balaban J connectivity index is 1.37. The molecule has 3 heterocycles. The van der Waals surface area contributed by atoms with E-state index in [-0.39, 0.29) is 29.8 Å². The Morgan fingerprint density at radius 3 is 2.81 bits per heavy atom. The van der Waals surface area contributed by atoms with Crippen LogP contribution in [-0.4, -0.2) is 52.5 Å². The molecule has 26 heavy (non-hydrogen) atoms. The molecular weight excluding hydrogens is 332 g/mol. The lowest BCUT2D eigenvalue weighted by Crippen LogP contribution is -2.35. The molecule has 1 N–H and O–H groups in total. The highest BCUT2D eigenvalue weighted by Gasteiger charge is 2.47. The van der Waals surface area contributed by atoms with Gasteiger partial charge in [-0.3, -0.25) is 14.6 Å². The second-order valence-electron chi connectivity index (χ2n) is 6.68. The fourth-order valence-electron chi connectivity index (χ4n) is 3.65. The number of nitrogens with one attached hydrogen (secondary N) is 1. The molecule has 2 aliphatic heterocycles. The van der Waals surface area contributed by atoms with E-state index in [0.717, 1.165) is 5.56 Å². The highest BCUT2D eigenvalue weighted by molar-refractivity contribution is 5.92. The molecule has 3 atom stereocenters. The topological polar surface area (TPSA) is 84.4 Å². The lowest BCUT2D eigenvalue weighted by Gasteiger charge is -2.19. The van der Waals surface area contributed by atoms with Gasteiger partial charge >= 0.3 is 0 Å². The van der Waals surface area contributed by atoms with E-state index >= 15 is 0 Å². The monoisotopic (exact) mass is 352 g/mol. The molecule has 0 spiro atoms. The predicted molar refractivity (Wildman–Crippen MR) is 94.1 cm³/mol. The highest BCUT2D eigenvalue weighted by atomic mass is 16.5. The molecule has 0 aliphatic carbocycles. The minimum absolute atomic E-state index is 0.0198. The van der Waals surface area contributed by atoms with E-state index in [4.69, 9.17) is 4.74 Å². The van der Waals surface area contributed by atoms with Crippen LogP contribution in [0.25, 0.3) is 0 Å². The van der Waals surface area contributed by atoms with Crippen LogP contribution in [0, 0.1) is 11.8 Å². The molecular formula is C19H20N4O3. The summed E-state index contributed by atoms with van der Waals surface area (Å²) in [6, 6.07) is 9.68. The second kappa shape index (κ2) is 7.21. The van der Waals surface area contributed by atoms with Crippen LogP contribution in [-0.2, 0) is 20.7 Å². The first-order chi connectivity index (χ1) is 12.7. The van der Waals surface area contributed by atoms with Gasteiger partial charge in [-0.15, -0.1) is 0 Å². The molecule has 2 fully saturated rings. The fourth-order valence-corrected chi connectivity index (χ4v) is 3.65. The number of nitrogens with zero attached hydrogens (tertiary/aromatic N) is 3. The van der Waals surface area contributed by atoms with Gasteiger partial charge in [-0.25, -0.2) is 4.98 Å². The van der Waals surface area contributed by atoms with Gasteiger partial charge in [0, 0.05) is 31.4 Å². The number of fused-ring (bicyclic) bond motifs is 1. The third-order valence-electron chi connectivity index (χ3n) is 5.02. The number of anilines is 1. The van der Waals surface area contributed by atoms with Crippen LogP contribution in [0.15, 0.2) is 48.9 Å². The summed E-state index contributed by atoms with van der Waals surface area (Å²) in [6.07, 6.45) is 4.89. The van der Waals surface area contributed by atoms with Gasteiger partial charge in [0.1, 0.15) is 0 Å². The maximum atomic E-state index is 12.6. The zero-order valence-electron chi connectivity index (χ0n) is 14.2. The third kappa shape index (κ3) is 3.43. The summed E-state index contributed by atoms with van der Waals surface area (Å²) >= 11 is 0. The molecule has 3 unspecified atom stereocenters. The van der Waals surface area contributed by atoms with Crippen molar-refractivity contribution in [2.24, 2.45) is 11.8 Å². The van der Waals surface area contributed by atoms with Crippen molar-refractivity contribution in [2.75, 3.05) is 25.0 Å². The number of carbonyl (C=O) groups excluding carboxylic acids is 2. The molecule has 2 aliphatic rings. The average Bonchev–Trinajstić information content (AvgIpc) is 3.24. The Hall–Kier alpha value is -2.80. The van der Waals surface area contributed by atoms with Crippen molar-refractivity contribution in [1.29, 1.82) is 0 Å². The van der Waals surface area contributed by atoms with E-state index in [9.17, 15) is 9.59 Å². The lowest BCUT2D eigenvalue weighted by atomic mass is 9.92. The zero-order chi connectivity index (χ0) is 17.9. The summed E-state index contributed by atoms with van der Waals surface area (Å²) in [4.78, 5) is 34.9. The number of carbonyl (C=O) groups is 2. The molecule has 2 saturated heterocycles. The van der Waals surface area contributed by atoms with Crippen molar-refractivity contribution in [3.05, 3.63) is 54.5 Å². The van der Waals surface area contributed by atoms with Gasteiger partial charge < -0.3 is 15.0 Å². The molecule has 2 amide bonds.